The molecule has 2 rings (SSSR count). The van der Waals surface area contributed by atoms with Crippen molar-refractivity contribution in [3.63, 3.8) is 0 Å². The number of halogens is 2. The predicted octanol–water partition coefficient (Wildman–Crippen LogP) is 2.33. The molecule has 7 heteroatoms. The fourth-order valence-electron chi connectivity index (χ4n) is 0.922. The number of hydrogen-bond acceptors (Lipinski definition) is 4. The summed E-state index contributed by atoms with van der Waals surface area (Å²) in [5, 5.41) is 8.70. The SMILES string of the molecule is CSc1nc(Cl)c2c(I)[nH]nc2n1. The van der Waals surface area contributed by atoms with E-state index in [0.29, 0.717) is 16.0 Å². The molecule has 0 unspecified atom stereocenters. The van der Waals surface area contributed by atoms with E-state index in [0.717, 1.165) is 9.09 Å². The van der Waals surface area contributed by atoms with Crippen molar-refractivity contribution in [2.45, 2.75) is 5.16 Å². The molecule has 2 aromatic rings. The second-order valence-electron chi connectivity index (χ2n) is 2.24. The van der Waals surface area contributed by atoms with Gasteiger partial charge in [-0.1, -0.05) is 23.4 Å². The highest BCUT2D eigenvalue weighted by Gasteiger charge is 2.11. The van der Waals surface area contributed by atoms with Gasteiger partial charge in [0.05, 0.1) is 5.39 Å². The van der Waals surface area contributed by atoms with E-state index in [1.54, 1.807) is 0 Å². The quantitative estimate of drug-likeness (QED) is 0.378. The van der Waals surface area contributed by atoms with E-state index in [9.17, 15) is 0 Å². The maximum atomic E-state index is 5.96. The molecule has 4 nitrogen and oxygen atoms in total. The number of nitrogens with zero attached hydrogens (tertiary/aromatic N) is 3. The van der Waals surface area contributed by atoms with Crippen molar-refractivity contribution >= 4 is 57.0 Å². The molecule has 2 aromatic heterocycles. The number of rotatable bonds is 1. The lowest BCUT2D eigenvalue weighted by Gasteiger charge is -1.95. The minimum absolute atomic E-state index is 0.451. The number of H-pyrrole nitrogens is 1. The zero-order valence-electron chi connectivity index (χ0n) is 6.51. The molecular formula is C6H4ClIN4S. The second kappa shape index (κ2) is 3.58. The standard InChI is InChI=1S/C6H4ClIN4S/c1-13-6-9-3(7)2-4(8)11-12-5(2)10-6/h1H3,(H,9,10,11,12). The van der Waals surface area contributed by atoms with Crippen LogP contribution in [0.15, 0.2) is 5.16 Å². The summed E-state index contributed by atoms with van der Waals surface area (Å²) in [7, 11) is 0. The van der Waals surface area contributed by atoms with E-state index in [2.05, 4.69) is 42.8 Å². The van der Waals surface area contributed by atoms with Crippen LogP contribution in [0.5, 0.6) is 0 Å². The van der Waals surface area contributed by atoms with E-state index < -0.39 is 0 Å². The first-order chi connectivity index (χ1) is 6.22. The van der Waals surface area contributed by atoms with E-state index in [4.69, 9.17) is 11.6 Å². The summed E-state index contributed by atoms with van der Waals surface area (Å²) in [5.41, 5.74) is 0.619. The van der Waals surface area contributed by atoms with Crippen LogP contribution < -0.4 is 0 Å². The van der Waals surface area contributed by atoms with E-state index in [1.165, 1.54) is 11.8 Å². The monoisotopic (exact) mass is 326 g/mol. The van der Waals surface area contributed by atoms with Crippen molar-refractivity contribution < 1.29 is 0 Å². The van der Waals surface area contributed by atoms with Crippen LogP contribution >= 0.6 is 46.0 Å². The Kier molecular flexibility index (Phi) is 2.61. The van der Waals surface area contributed by atoms with Gasteiger partial charge in [0.2, 0.25) is 0 Å². The summed E-state index contributed by atoms with van der Waals surface area (Å²) < 4.78 is 0.866. The number of fused-ring (bicyclic) bond motifs is 1. The van der Waals surface area contributed by atoms with E-state index in [-0.39, 0.29) is 0 Å². The van der Waals surface area contributed by atoms with Gasteiger partial charge in [0.15, 0.2) is 10.8 Å². The Labute approximate surface area is 97.0 Å². The van der Waals surface area contributed by atoms with E-state index >= 15 is 0 Å². The Bertz CT molecular complexity index is 457. The highest BCUT2D eigenvalue weighted by Crippen LogP contribution is 2.25. The number of hydrogen-bond donors (Lipinski definition) is 1. The predicted molar refractivity (Wildman–Crippen MR) is 61.2 cm³/mol. The van der Waals surface area contributed by atoms with Gasteiger partial charge in [0.1, 0.15) is 8.85 Å². The molecule has 0 radical (unpaired) electrons. The third-order valence-corrected chi connectivity index (χ3v) is 3.09. The molecular weight excluding hydrogens is 323 g/mol. The Morgan fingerprint density at radius 2 is 2.23 bits per heavy atom. The Hall–Kier alpha value is -0.0800. The van der Waals surface area contributed by atoms with Crippen LogP contribution in [0, 0.1) is 3.70 Å². The fraction of sp³-hybridized carbons (Fsp3) is 0.167. The molecule has 0 saturated carbocycles. The molecule has 0 aromatic carbocycles. The Balaban J connectivity index is 2.79. The minimum atomic E-state index is 0.451. The molecule has 0 fully saturated rings. The second-order valence-corrected chi connectivity index (χ2v) is 4.45. The molecule has 0 atom stereocenters. The Morgan fingerprint density at radius 1 is 1.46 bits per heavy atom. The zero-order chi connectivity index (χ0) is 9.42. The maximum Gasteiger partial charge on any atom is 0.190 e. The van der Waals surface area contributed by atoms with Crippen LogP contribution in [0.3, 0.4) is 0 Å². The molecule has 1 N–H and O–H groups in total. The lowest BCUT2D eigenvalue weighted by Crippen LogP contribution is -1.87. The summed E-state index contributed by atoms with van der Waals surface area (Å²) in [6.07, 6.45) is 1.90. The summed E-state index contributed by atoms with van der Waals surface area (Å²) in [4.78, 5) is 8.30. The Morgan fingerprint density at radius 3 is 2.92 bits per heavy atom. The van der Waals surface area contributed by atoms with Crippen LogP contribution in [-0.4, -0.2) is 26.4 Å². The molecule has 2 heterocycles. The van der Waals surface area contributed by atoms with E-state index in [1.807, 2.05) is 6.26 Å². The maximum absolute atomic E-state index is 5.96. The summed E-state index contributed by atoms with van der Waals surface area (Å²) in [5.74, 6) is 0. The van der Waals surface area contributed by atoms with Gasteiger partial charge < -0.3 is 0 Å². The van der Waals surface area contributed by atoms with Gasteiger partial charge >= 0.3 is 0 Å². The lowest BCUT2D eigenvalue weighted by molar-refractivity contribution is 0.983. The highest BCUT2D eigenvalue weighted by molar-refractivity contribution is 14.1. The molecule has 0 amide bonds. The molecule has 13 heavy (non-hydrogen) atoms. The number of aromatic nitrogens is 4. The first kappa shape index (κ1) is 9.47. The van der Waals surface area contributed by atoms with Gasteiger partial charge in [0.25, 0.3) is 0 Å². The van der Waals surface area contributed by atoms with Crippen LogP contribution in [0.4, 0.5) is 0 Å². The first-order valence-electron chi connectivity index (χ1n) is 3.33. The van der Waals surface area contributed by atoms with Gasteiger partial charge in [-0.25, -0.2) is 9.97 Å². The number of nitrogens with one attached hydrogen (secondary N) is 1. The van der Waals surface area contributed by atoms with Crippen LogP contribution in [0.1, 0.15) is 0 Å². The molecule has 0 bridgehead atoms. The first-order valence-corrected chi connectivity index (χ1v) is 6.01. The van der Waals surface area contributed by atoms with Gasteiger partial charge in [-0.05, 0) is 28.8 Å². The molecule has 0 saturated heterocycles. The number of thioether (sulfide) groups is 1. The summed E-state index contributed by atoms with van der Waals surface area (Å²) in [6, 6.07) is 0. The smallest absolute Gasteiger partial charge is 0.190 e. The van der Waals surface area contributed by atoms with Crippen molar-refractivity contribution in [1.82, 2.24) is 20.2 Å². The average Bonchev–Trinajstić information content (AvgIpc) is 2.48. The van der Waals surface area contributed by atoms with Gasteiger partial charge in [-0.2, -0.15) is 5.10 Å². The van der Waals surface area contributed by atoms with Crippen molar-refractivity contribution in [3.05, 3.63) is 8.85 Å². The van der Waals surface area contributed by atoms with Crippen LogP contribution in [-0.2, 0) is 0 Å². The van der Waals surface area contributed by atoms with Gasteiger partial charge in [0, 0.05) is 0 Å². The van der Waals surface area contributed by atoms with Crippen molar-refractivity contribution in [2.24, 2.45) is 0 Å². The number of aromatic amines is 1. The van der Waals surface area contributed by atoms with Gasteiger partial charge in [-0.3, -0.25) is 5.10 Å². The highest BCUT2D eigenvalue weighted by atomic mass is 127. The van der Waals surface area contributed by atoms with Gasteiger partial charge in [-0.15, -0.1) is 0 Å². The largest absolute Gasteiger partial charge is 0.269 e. The molecule has 0 aliphatic carbocycles. The normalized spacial score (nSPS) is 11.0. The summed E-state index contributed by atoms with van der Waals surface area (Å²) in [6.45, 7) is 0. The van der Waals surface area contributed by atoms with Crippen molar-refractivity contribution in [3.8, 4) is 0 Å². The third kappa shape index (κ3) is 1.62. The molecule has 68 valence electrons. The lowest BCUT2D eigenvalue weighted by atomic mass is 10.4. The molecule has 0 spiro atoms. The molecule has 0 aliphatic heterocycles. The third-order valence-electron chi connectivity index (χ3n) is 1.49. The van der Waals surface area contributed by atoms with Crippen LogP contribution in [0.2, 0.25) is 5.15 Å². The van der Waals surface area contributed by atoms with Crippen molar-refractivity contribution in [1.29, 1.82) is 0 Å². The summed E-state index contributed by atoms with van der Waals surface area (Å²) >= 11 is 9.52. The molecule has 0 aliphatic rings. The van der Waals surface area contributed by atoms with Crippen molar-refractivity contribution in [2.75, 3.05) is 6.26 Å². The minimum Gasteiger partial charge on any atom is -0.269 e. The fourth-order valence-corrected chi connectivity index (χ4v) is 2.37. The van der Waals surface area contributed by atoms with Crippen LogP contribution in [0.25, 0.3) is 11.0 Å². The topological polar surface area (TPSA) is 54.5 Å². The average molecular weight is 327 g/mol. The zero-order valence-corrected chi connectivity index (χ0v) is 10.2.